The van der Waals surface area contributed by atoms with Crippen molar-refractivity contribution in [2.75, 3.05) is 52.9 Å². The summed E-state index contributed by atoms with van der Waals surface area (Å²) in [6.45, 7) is 3.70. The summed E-state index contributed by atoms with van der Waals surface area (Å²) >= 11 is 0. The third kappa shape index (κ3) is 6.96. The van der Waals surface area contributed by atoms with Crippen molar-refractivity contribution in [1.82, 2.24) is 9.21 Å². The number of amides is 2. The van der Waals surface area contributed by atoms with Crippen molar-refractivity contribution in [3.05, 3.63) is 48.0 Å². The van der Waals surface area contributed by atoms with Crippen molar-refractivity contribution in [1.29, 1.82) is 0 Å². The SMILES string of the molecule is COCC#Cc1ccc2c(c1)O[C@@H](CN(C)C(=O)Nc1ccc(OC)cc1)[C@H](C)CN([C@H](C)CO)S2(=O)=O. The summed E-state index contributed by atoms with van der Waals surface area (Å²) in [5.41, 5.74) is 1.17. The maximum absolute atomic E-state index is 13.6. The van der Waals surface area contributed by atoms with Gasteiger partial charge < -0.3 is 29.5 Å². The van der Waals surface area contributed by atoms with E-state index in [2.05, 4.69) is 17.2 Å². The minimum absolute atomic E-state index is 0.0164. The molecule has 0 aliphatic carbocycles. The van der Waals surface area contributed by atoms with Gasteiger partial charge in [0.05, 0.1) is 20.3 Å². The number of urea groups is 1. The second-order valence-corrected chi connectivity index (χ2v) is 11.0. The number of benzene rings is 2. The molecule has 11 heteroatoms. The smallest absolute Gasteiger partial charge is 0.321 e. The molecule has 2 aromatic rings. The van der Waals surface area contributed by atoms with E-state index in [1.165, 1.54) is 22.4 Å². The van der Waals surface area contributed by atoms with Crippen LogP contribution in [-0.4, -0.2) is 88.5 Å². The first kappa shape index (κ1) is 29.3. The zero-order valence-corrected chi connectivity index (χ0v) is 23.1. The van der Waals surface area contributed by atoms with Crippen molar-refractivity contribution < 1.29 is 32.5 Å². The molecule has 0 radical (unpaired) electrons. The first-order valence-electron chi connectivity index (χ1n) is 12.2. The first-order valence-corrected chi connectivity index (χ1v) is 13.6. The average molecular weight is 546 g/mol. The van der Waals surface area contributed by atoms with Gasteiger partial charge in [-0.1, -0.05) is 18.8 Å². The number of likely N-dealkylation sites (N-methyl/N-ethyl adjacent to an activating group) is 1. The van der Waals surface area contributed by atoms with E-state index >= 15 is 0 Å². The normalized spacial score (nSPS) is 19.4. The topological polar surface area (TPSA) is 118 Å². The standard InChI is InChI=1S/C27H35N3O7S/c1-19-16-30(20(2)18-31)38(33,34)26-13-8-21(7-6-14-35-4)15-24(26)37-25(19)17-29(3)27(32)28-22-9-11-23(36-5)12-10-22/h8-13,15,19-20,25,31H,14,16-18H2,1-5H3,(H,28,32)/t19-,20-,25+/m1/s1. The van der Waals surface area contributed by atoms with Gasteiger partial charge in [0.1, 0.15) is 29.1 Å². The van der Waals surface area contributed by atoms with Crippen LogP contribution in [0.15, 0.2) is 47.4 Å². The lowest BCUT2D eigenvalue weighted by Gasteiger charge is -2.37. The number of nitrogens with one attached hydrogen (secondary N) is 1. The number of fused-ring (bicyclic) bond motifs is 1. The van der Waals surface area contributed by atoms with Crippen LogP contribution < -0.4 is 14.8 Å². The van der Waals surface area contributed by atoms with Crippen LogP contribution in [-0.2, 0) is 14.8 Å². The summed E-state index contributed by atoms with van der Waals surface area (Å²) in [7, 11) is 0.778. The Morgan fingerprint density at radius 3 is 2.61 bits per heavy atom. The predicted octanol–water partition coefficient (Wildman–Crippen LogP) is 2.63. The molecule has 0 aromatic heterocycles. The molecule has 0 unspecified atom stereocenters. The monoisotopic (exact) mass is 545 g/mol. The Labute approximate surface area is 224 Å². The number of carbonyl (C=O) groups excluding carboxylic acids is 1. The average Bonchev–Trinajstić information content (AvgIpc) is 2.90. The third-order valence-corrected chi connectivity index (χ3v) is 8.28. The molecule has 0 saturated heterocycles. The number of carbonyl (C=O) groups is 1. The summed E-state index contributed by atoms with van der Waals surface area (Å²) in [4.78, 5) is 14.4. The summed E-state index contributed by atoms with van der Waals surface area (Å²) < 4.78 is 44.9. The van der Waals surface area contributed by atoms with E-state index in [-0.39, 0.29) is 48.9 Å². The molecule has 0 fully saturated rings. The zero-order valence-electron chi connectivity index (χ0n) is 22.3. The predicted molar refractivity (Wildman–Crippen MR) is 144 cm³/mol. The van der Waals surface area contributed by atoms with E-state index in [1.54, 1.807) is 57.5 Å². The van der Waals surface area contributed by atoms with Gasteiger partial charge >= 0.3 is 6.03 Å². The second kappa shape index (κ2) is 13.0. The van der Waals surface area contributed by atoms with E-state index in [4.69, 9.17) is 14.2 Å². The maximum Gasteiger partial charge on any atom is 0.321 e. The maximum atomic E-state index is 13.6. The molecule has 3 rings (SSSR count). The van der Waals surface area contributed by atoms with Crippen LogP contribution in [0.1, 0.15) is 19.4 Å². The number of sulfonamides is 1. The van der Waals surface area contributed by atoms with Gasteiger partial charge in [0, 0.05) is 43.9 Å². The van der Waals surface area contributed by atoms with Gasteiger partial charge in [0.25, 0.3) is 0 Å². The Morgan fingerprint density at radius 1 is 1.26 bits per heavy atom. The molecule has 206 valence electrons. The lowest BCUT2D eigenvalue weighted by atomic mass is 10.0. The van der Waals surface area contributed by atoms with Crippen molar-refractivity contribution in [2.45, 2.75) is 30.9 Å². The van der Waals surface area contributed by atoms with Gasteiger partial charge in [-0.25, -0.2) is 13.2 Å². The van der Waals surface area contributed by atoms with E-state index in [1.807, 2.05) is 6.92 Å². The van der Waals surface area contributed by atoms with Gasteiger partial charge in [0.2, 0.25) is 10.0 Å². The zero-order chi connectivity index (χ0) is 27.9. The molecule has 3 atom stereocenters. The van der Waals surface area contributed by atoms with Gasteiger partial charge in [-0.05, 0) is 49.4 Å². The fourth-order valence-corrected chi connectivity index (χ4v) is 5.80. The molecule has 0 bridgehead atoms. The van der Waals surface area contributed by atoms with Crippen molar-refractivity contribution in [3.63, 3.8) is 0 Å². The summed E-state index contributed by atoms with van der Waals surface area (Å²) in [6, 6.07) is 10.6. The Balaban J connectivity index is 1.91. The highest BCUT2D eigenvalue weighted by Crippen LogP contribution is 2.34. The fraction of sp³-hybridized carbons (Fsp3) is 0.444. The molecular formula is C27H35N3O7S. The largest absolute Gasteiger partial charge is 0.497 e. The molecule has 2 aromatic carbocycles. The fourth-order valence-electron chi connectivity index (χ4n) is 3.98. The van der Waals surface area contributed by atoms with Crippen molar-refractivity contribution in [3.8, 4) is 23.3 Å². The van der Waals surface area contributed by atoms with Crippen LogP contribution in [0.5, 0.6) is 11.5 Å². The first-order chi connectivity index (χ1) is 18.1. The number of hydrogen-bond acceptors (Lipinski definition) is 7. The Kier molecular flexibility index (Phi) is 9.99. The number of rotatable bonds is 7. The molecule has 0 saturated carbocycles. The Morgan fingerprint density at radius 2 is 1.97 bits per heavy atom. The van der Waals surface area contributed by atoms with E-state index in [9.17, 15) is 18.3 Å². The molecule has 1 heterocycles. The second-order valence-electron chi connectivity index (χ2n) is 9.18. The molecule has 2 N–H and O–H groups in total. The minimum Gasteiger partial charge on any atom is -0.497 e. The number of hydrogen-bond donors (Lipinski definition) is 2. The van der Waals surface area contributed by atoms with Gasteiger partial charge in [-0.3, -0.25) is 0 Å². The molecular weight excluding hydrogens is 510 g/mol. The molecule has 10 nitrogen and oxygen atoms in total. The number of aliphatic hydroxyl groups excluding tert-OH is 1. The Hall–Kier alpha value is -3.30. The van der Waals surface area contributed by atoms with Crippen LogP contribution in [0.2, 0.25) is 0 Å². The van der Waals surface area contributed by atoms with Crippen LogP contribution in [0.3, 0.4) is 0 Å². The highest BCUT2D eigenvalue weighted by atomic mass is 32.2. The molecule has 1 aliphatic rings. The molecule has 0 spiro atoms. The van der Waals surface area contributed by atoms with E-state index in [0.717, 1.165) is 0 Å². The highest BCUT2D eigenvalue weighted by molar-refractivity contribution is 7.89. The molecule has 2 amide bonds. The van der Waals surface area contributed by atoms with Gasteiger partial charge in [-0.2, -0.15) is 4.31 Å². The van der Waals surface area contributed by atoms with E-state index < -0.39 is 22.2 Å². The Bertz CT molecular complexity index is 1270. The summed E-state index contributed by atoms with van der Waals surface area (Å²) in [5.74, 6) is 6.29. The van der Waals surface area contributed by atoms with Gasteiger partial charge in [-0.15, -0.1) is 0 Å². The number of methoxy groups -OCH3 is 2. The van der Waals surface area contributed by atoms with Crippen LogP contribution in [0.4, 0.5) is 10.5 Å². The van der Waals surface area contributed by atoms with Crippen LogP contribution >= 0.6 is 0 Å². The number of ether oxygens (including phenoxy) is 3. The van der Waals surface area contributed by atoms with Crippen molar-refractivity contribution in [2.24, 2.45) is 5.92 Å². The molecule has 1 aliphatic heterocycles. The number of anilines is 1. The number of nitrogens with zero attached hydrogens (tertiary/aromatic N) is 2. The molecule has 38 heavy (non-hydrogen) atoms. The van der Waals surface area contributed by atoms with Crippen LogP contribution in [0.25, 0.3) is 0 Å². The number of aliphatic hydroxyl groups is 1. The lowest BCUT2D eigenvalue weighted by molar-refractivity contribution is 0.0830. The minimum atomic E-state index is -3.97. The summed E-state index contributed by atoms with van der Waals surface area (Å²) in [5, 5.41) is 12.6. The highest BCUT2D eigenvalue weighted by Gasteiger charge is 2.38. The van der Waals surface area contributed by atoms with Gasteiger partial charge in [0.15, 0.2) is 0 Å². The third-order valence-electron chi connectivity index (χ3n) is 6.26. The quantitative estimate of drug-likeness (QED) is 0.514. The van der Waals surface area contributed by atoms with Crippen LogP contribution in [0, 0.1) is 17.8 Å². The van der Waals surface area contributed by atoms with E-state index in [0.29, 0.717) is 17.0 Å². The van der Waals surface area contributed by atoms with Crippen molar-refractivity contribution >= 4 is 21.7 Å². The lowest BCUT2D eigenvalue weighted by Crippen LogP contribution is -2.50. The summed E-state index contributed by atoms with van der Waals surface area (Å²) in [6.07, 6.45) is -0.550.